The zero-order valence-electron chi connectivity index (χ0n) is 20.9. The average Bonchev–Trinajstić information content (AvgIpc) is 3.16. The van der Waals surface area contributed by atoms with E-state index in [-0.39, 0.29) is 29.1 Å². The highest BCUT2D eigenvalue weighted by Crippen LogP contribution is 2.34. The number of nitrogens with one attached hydrogen (secondary N) is 1. The van der Waals surface area contributed by atoms with E-state index in [9.17, 15) is 26.4 Å². The Labute approximate surface area is 214 Å². The number of rotatable bonds is 7. The number of carboxylic acids is 1. The third-order valence-corrected chi connectivity index (χ3v) is 8.11. The van der Waals surface area contributed by atoms with Crippen LogP contribution in [-0.4, -0.2) is 93.8 Å². The number of amides is 1. The predicted molar refractivity (Wildman–Crippen MR) is 128 cm³/mol. The first kappa shape index (κ1) is 30.6. The molecule has 1 aromatic rings. The van der Waals surface area contributed by atoms with Gasteiger partial charge in [-0.1, -0.05) is 25.7 Å². The van der Waals surface area contributed by atoms with Crippen molar-refractivity contribution in [3.63, 3.8) is 0 Å². The number of nitrogens with zero attached hydrogens (tertiary/aromatic N) is 2. The second-order valence-electron chi connectivity index (χ2n) is 8.65. The summed E-state index contributed by atoms with van der Waals surface area (Å²) < 4.78 is 71.4. The van der Waals surface area contributed by atoms with Crippen LogP contribution in [0.1, 0.15) is 38.5 Å². The molecule has 1 saturated carbocycles. The molecule has 10 nitrogen and oxygen atoms in total. The molecule has 0 bridgehead atoms. The van der Waals surface area contributed by atoms with Gasteiger partial charge < -0.3 is 24.8 Å². The lowest BCUT2D eigenvalue weighted by Crippen LogP contribution is -2.52. The van der Waals surface area contributed by atoms with Crippen LogP contribution in [0.2, 0.25) is 0 Å². The standard InChI is InChI=1S/C21H33N3O5S.C2HF3O2/c1-28-18-9-10-19(29-2)20(15-18)30(26,27)24(17-7-5-3-4-6-8-17)16-21(25)23-13-11-22-12-14-23;3-2(4,5)1(6)7/h9-10,15,17,22H,3-8,11-14,16H2,1-2H3;(H,6,7). The molecule has 0 unspecified atom stereocenters. The highest BCUT2D eigenvalue weighted by Gasteiger charge is 2.38. The molecule has 1 saturated heterocycles. The molecule has 1 aliphatic heterocycles. The van der Waals surface area contributed by atoms with Crippen LogP contribution in [0.5, 0.6) is 11.5 Å². The summed E-state index contributed by atoms with van der Waals surface area (Å²) in [6, 6.07) is 4.54. The molecule has 1 heterocycles. The van der Waals surface area contributed by atoms with E-state index in [0.29, 0.717) is 18.8 Å². The number of methoxy groups -OCH3 is 2. The summed E-state index contributed by atoms with van der Waals surface area (Å²) in [6.45, 7) is 2.50. The van der Waals surface area contributed by atoms with Crippen LogP contribution in [0.15, 0.2) is 23.1 Å². The number of hydrogen-bond acceptors (Lipinski definition) is 7. The van der Waals surface area contributed by atoms with E-state index < -0.39 is 22.2 Å². The molecular weight excluding hydrogens is 519 g/mol. The molecule has 2 N–H and O–H groups in total. The van der Waals surface area contributed by atoms with E-state index in [0.717, 1.165) is 51.6 Å². The fourth-order valence-electron chi connectivity index (χ4n) is 4.22. The van der Waals surface area contributed by atoms with Gasteiger partial charge in [-0.15, -0.1) is 0 Å². The van der Waals surface area contributed by atoms with Gasteiger partial charge in [-0.05, 0) is 25.0 Å². The third kappa shape index (κ3) is 8.75. The van der Waals surface area contributed by atoms with Crippen molar-refractivity contribution in [3.05, 3.63) is 18.2 Å². The van der Waals surface area contributed by atoms with Gasteiger partial charge in [0.05, 0.1) is 20.8 Å². The maximum absolute atomic E-state index is 13.8. The van der Waals surface area contributed by atoms with E-state index in [1.54, 1.807) is 17.0 Å². The number of ether oxygens (including phenoxy) is 2. The molecule has 0 atom stereocenters. The highest BCUT2D eigenvalue weighted by atomic mass is 32.2. The molecule has 3 rings (SSSR count). The van der Waals surface area contributed by atoms with Crippen molar-refractivity contribution in [2.75, 3.05) is 46.9 Å². The minimum atomic E-state index is -5.08. The van der Waals surface area contributed by atoms with E-state index >= 15 is 0 Å². The van der Waals surface area contributed by atoms with Gasteiger partial charge in [-0.2, -0.15) is 17.5 Å². The summed E-state index contributed by atoms with van der Waals surface area (Å²) in [5, 5.41) is 10.3. The summed E-state index contributed by atoms with van der Waals surface area (Å²) in [7, 11) is -1.02. The number of benzene rings is 1. The van der Waals surface area contributed by atoms with Gasteiger partial charge in [-0.25, -0.2) is 13.2 Å². The van der Waals surface area contributed by atoms with Crippen molar-refractivity contribution < 1.29 is 45.8 Å². The zero-order chi connectivity index (χ0) is 27.6. The second kappa shape index (κ2) is 13.8. The normalized spacial score (nSPS) is 17.4. The van der Waals surface area contributed by atoms with Crippen LogP contribution in [0.25, 0.3) is 0 Å². The van der Waals surface area contributed by atoms with Gasteiger partial charge >= 0.3 is 12.1 Å². The average molecular weight is 554 g/mol. The van der Waals surface area contributed by atoms with Crippen molar-refractivity contribution >= 4 is 21.9 Å². The number of carbonyl (C=O) groups excluding carboxylic acids is 1. The Balaban J connectivity index is 0.000000604. The van der Waals surface area contributed by atoms with Crippen molar-refractivity contribution in [2.45, 2.75) is 55.6 Å². The first-order chi connectivity index (χ1) is 17.4. The van der Waals surface area contributed by atoms with Crippen LogP contribution in [0, 0.1) is 0 Å². The molecule has 210 valence electrons. The van der Waals surface area contributed by atoms with Gasteiger partial charge in [0.15, 0.2) is 0 Å². The summed E-state index contributed by atoms with van der Waals surface area (Å²) in [4.78, 5) is 23.7. The minimum absolute atomic E-state index is 0.0432. The molecule has 37 heavy (non-hydrogen) atoms. The molecule has 1 amide bonds. The Morgan fingerprint density at radius 3 is 2.14 bits per heavy atom. The Kier molecular flexibility index (Phi) is 11.4. The number of piperazine rings is 1. The van der Waals surface area contributed by atoms with Gasteiger partial charge in [0.1, 0.15) is 16.4 Å². The number of alkyl halides is 3. The maximum Gasteiger partial charge on any atom is 0.490 e. The number of aliphatic carboxylic acids is 1. The number of sulfonamides is 1. The van der Waals surface area contributed by atoms with Gasteiger partial charge in [0.2, 0.25) is 15.9 Å². The summed E-state index contributed by atoms with van der Waals surface area (Å²) in [5.74, 6) is -2.22. The summed E-state index contributed by atoms with van der Waals surface area (Å²) >= 11 is 0. The Morgan fingerprint density at radius 1 is 1.08 bits per heavy atom. The molecule has 2 fully saturated rings. The first-order valence-electron chi connectivity index (χ1n) is 11.9. The van der Waals surface area contributed by atoms with Crippen molar-refractivity contribution in [1.29, 1.82) is 0 Å². The SMILES string of the molecule is COc1ccc(OC)c(S(=O)(=O)N(CC(=O)N2CCNCC2)C2CCCCCC2)c1.O=C(O)C(F)(F)F. The lowest BCUT2D eigenvalue weighted by molar-refractivity contribution is -0.192. The number of halogens is 3. The highest BCUT2D eigenvalue weighted by molar-refractivity contribution is 7.89. The number of carbonyl (C=O) groups is 2. The molecule has 14 heteroatoms. The van der Waals surface area contributed by atoms with E-state index in [2.05, 4.69) is 5.32 Å². The first-order valence-corrected chi connectivity index (χ1v) is 13.4. The molecule has 0 aromatic heterocycles. The maximum atomic E-state index is 13.8. The predicted octanol–water partition coefficient (Wildman–Crippen LogP) is 2.48. The molecule has 0 spiro atoms. The largest absolute Gasteiger partial charge is 0.497 e. The molecule has 1 aliphatic carbocycles. The fourth-order valence-corrected chi connectivity index (χ4v) is 6.02. The lowest BCUT2D eigenvalue weighted by atomic mass is 10.1. The van der Waals surface area contributed by atoms with Crippen LogP contribution in [0.4, 0.5) is 13.2 Å². The van der Waals surface area contributed by atoms with Crippen LogP contribution >= 0.6 is 0 Å². The summed E-state index contributed by atoms with van der Waals surface area (Å²) in [6.07, 6.45) is 0.569. The molecular formula is C23H34F3N3O7S. The topological polar surface area (TPSA) is 125 Å². The smallest absolute Gasteiger partial charge is 0.490 e. The minimum Gasteiger partial charge on any atom is -0.497 e. The van der Waals surface area contributed by atoms with E-state index in [4.69, 9.17) is 19.4 Å². The van der Waals surface area contributed by atoms with Gasteiger partial charge in [0.25, 0.3) is 0 Å². The van der Waals surface area contributed by atoms with Crippen molar-refractivity contribution in [2.24, 2.45) is 0 Å². The quantitative estimate of drug-likeness (QED) is 0.494. The fraction of sp³-hybridized carbons (Fsp3) is 0.652. The van der Waals surface area contributed by atoms with E-state index in [1.807, 2.05) is 0 Å². The van der Waals surface area contributed by atoms with Gasteiger partial charge in [-0.3, -0.25) is 4.79 Å². The number of hydrogen-bond donors (Lipinski definition) is 2. The second-order valence-corrected chi connectivity index (χ2v) is 10.5. The van der Waals surface area contributed by atoms with Crippen LogP contribution in [0.3, 0.4) is 0 Å². The molecule has 2 aliphatic rings. The third-order valence-electron chi connectivity index (χ3n) is 6.19. The summed E-state index contributed by atoms with van der Waals surface area (Å²) in [5.41, 5.74) is 0. The Hall–Kier alpha value is -2.58. The van der Waals surface area contributed by atoms with Crippen LogP contribution < -0.4 is 14.8 Å². The lowest BCUT2D eigenvalue weighted by Gasteiger charge is -2.34. The van der Waals surface area contributed by atoms with Crippen molar-refractivity contribution in [1.82, 2.24) is 14.5 Å². The van der Waals surface area contributed by atoms with Crippen molar-refractivity contribution in [3.8, 4) is 11.5 Å². The Morgan fingerprint density at radius 2 is 1.65 bits per heavy atom. The van der Waals surface area contributed by atoms with Gasteiger partial charge in [0, 0.05) is 38.3 Å². The number of carboxylic acid groups (broad SMARTS) is 1. The molecule has 0 radical (unpaired) electrons. The van der Waals surface area contributed by atoms with E-state index in [1.165, 1.54) is 24.6 Å². The molecule has 1 aromatic carbocycles. The zero-order valence-corrected chi connectivity index (χ0v) is 21.7. The Bertz CT molecular complexity index is 1010. The monoisotopic (exact) mass is 553 g/mol. The van der Waals surface area contributed by atoms with Crippen LogP contribution in [-0.2, 0) is 19.6 Å².